The van der Waals surface area contributed by atoms with Gasteiger partial charge in [0.05, 0.1) is 0 Å². The lowest BCUT2D eigenvalue weighted by Gasteiger charge is -2.36. The average Bonchev–Trinajstić information content (AvgIpc) is 2.39. The first-order valence-corrected chi connectivity index (χ1v) is 7.60. The van der Waals surface area contributed by atoms with Gasteiger partial charge < -0.3 is 10.0 Å². The Labute approximate surface area is 111 Å². The summed E-state index contributed by atoms with van der Waals surface area (Å²) in [5.41, 5.74) is 0. The summed E-state index contributed by atoms with van der Waals surface area (Å²) in [6.45, 7) is 4.37. The molecule has 1 N–H and O–H groups in total. The summed E-state index contributed by atoms with van der Waals surface area (Å²) < 4.78 is 0. The van der Waals surface area contributed by atoms with Crippen LogP contribution in [0.5, 0.6) is 0 Å². The van der Waals surface area contributed by atoms with Crippen LogP contribution in [-0.2, 0) is 4.79 Å². The van der Waals surface area contributed by atoms with E-state index in [9.17, 15) is 4.79 Å². The zero-order valence-electron chi connectivity index (χ0n) is 11.6. The Hall–Kier alpha value is -0.570. The summed E-state index contributed by atoms with van der Waals surface area (Å²) in [5, 5.41) is 9.02. The van der Waals surface area contributed by atoms with Gasteiger partial charge in [0.1, 0.15) is 0 Å². The van der Waals surface area contributed by atoms with Gasteiger partial charge in [-0.2, -0.15) is 0 Å². The minimum Gasteiger partial charge on any atom is -0.396 e. The molecule has 3 nitrogen and oxygen atoms in total. The first-order chi connectivity index (χ1) is 8.70. The van der Waals surface area contributed by atoms with Crippen molar-refractivity contribution < 1.29 is 9.90 Å². The van der Waals surface area contributed by atoms with Gasteiger partial charge in [-0.25, -0.2) is 0 Å². The van der Waals surface area contributed by atoms with Gasteiger partial charge in [0.2, 0.25) is 5.91 Å². The smallest absolute Gasteiger partial charge is 0.225 e. The number of rotatable bonds is 3. The highest BCUT2D eigenvalue weighted by Gasteiger charge is 2.30. The molecule has 104 valence electrons. The molecule has 3 heteroatoms. The molecule has 0 aromatic carbocycles. The Morgan fingerprint density at radius 2 is 1.94 bits per heavy atom. The minimum absolute atomic E-state index is 0.258. The molecule has 1 heterocycles. The maximum atomic E-state index is 12.5. The number of hydrogen-bond acceptors (Lipinski definition) is 2. The molecule has 1 atom stereocenters. The van der Waals surface area contributed by atoms with Gasteiger partial charge in [-0.3, -0.25) is 4.79 Å². The molecule has 1 unspecified atom stereocenters. The number of hydrogen-bond donors (Lipinski definition) is 1. The molecule has 0 aromatic rings. The molecule has 0 radical (unpaired) electrons. The van der Waals surface area contributed by atoms with E-state index in [0.717, 1.165) is 44.7 Å². The summed E-state index contributed by atoms with van der Waals surface area (Å²) in [6.07, 6.45) is 7.73. The van der Waals surface area contributed by atoms with Crippen LogP contribution in [0, 0.1) is 17.8 Å². The van der Waals surface area contributed by atoms with Gasteiger partial charge in [0.25, 0.3) is 0 Å². The third-order valence-corrected chi connectivity index (χ3v) is 4.73. The number of aliphatic hydroxyl groups is 1. The highest BCUT2D eigenvalue weighted by molar-refractivity contribution is 5.79. The molecule has 0 bridgehead atoms. The van der Waals surface area contributed by atoms with Gasteiger partial charge in [-0.15, -0.1) is 0 Å². The molecule has 1 saturated carbocycles. The maximum absolute atomic E-state index is 12.5. The zero-order chi connectivity index (χ0) is 13.0. The van der Waals surface area contributed by atoms with E-state index in [1.54, 1.807) is 0 Å². The highest BCUT2D eigenvalue weighted by Crippen LogP contribution is 2.31. The molecule has 0 aromatic heterocycles. The van der Waals surface area contributed by atoms with E-state index in [2.05, 4.69) is 11.8 Å². The molecule has 0 spiro atoms. The number of aliphatic hydroxyl groups excluding tert-OH is 1. The molecular formula is C15H27NO2. The topological polar surface area (TPSA) is 40.5 Å². The molecule has 1 aliphatic carbocycles. The van der Waals surface area contributed by atoms with Gasteiger partial charge in [0.15, 0.2) is 0 Å². The lowest BCUT2D eigenvalue weighted by molar-refractivity contribution is -0.138. The van der Waals surface area contributed by atoms with E-state index < -0.39 is 0 Å². The average molecular weight is 253 g/mol. The number of carbonyl (C=O) groups excluding carboxylic acids is 1. The van der Waals surface area contributed by atoms with Crippen molar-refractivity contribution in [2.45, 2.75) is 51.9 Å². The van der Waals surface area contributed by atoms with Crippen LogP contribution in [0.3, 0.4) is 0 Å². The first-order valence-electron chi connectivity index (χ1n) is 7.60. The van der Waals surface area contributed by atoms with Crippen molar-refractivity contribution in [3.63, 3.8) is 0 Å². The van der Waals surface area contributed by atoms with E-state index in [4.69, 9.17) is 5.11 Å². The molecule has 1 amide bonds. The van der Waals surface area contributed by atoms with E-state index in [-0.39, 0.29) is 12.5 Å². The van der Waals surface area contributed by atoms with Crippen molar-refractivity contribution in [2.75, 3.05) is 19.7 Å². The Bertz CT molecular complexity index is 270. The molecule has 2 rings (SSSR count). The number of carbonyl (C=O) groups is 1. The first kappa shape index (κ1) is 13.9. The summed E-state index contributed by atoms with van der Waals surface area (Å²) in [7, 11) is 0. The summed E-state index contributed by atoms with van der Waals surface area (Å²) >= 11 is 0. The molecule has 18 heavy (non-hydrogen) atoms. The Balaban J connectivity index is 1.84. The van der Waals surface area contributed by atoms with Crippen LogP contribution >= 0.6 is 0 Å². The zero-order valence-corrected chi connectivity index (χ0v) is 11.6. The van der Waals surface area contributed by atoms with Gasteiger partial charge in [0, 0.05) is 25.6 Å². The van der Waals surface area contributed by atoms with Crippen LogP contribution in [0.25, 0.3) is 0 Å². The lowest BCUT2D eigenvalue weighted by Crippen LogP contribution is -2.43. The molecule has 1 aliphatic heterocycles. The quantitative estimate of drug-likeness (QED) is 0.839. The summed E-state index contributed by atoms with van der Waals surface area (Å²) in [5.74, 6) is 2.01. The Kier molecular flexibility index (Phi) is 5.04. The van der Waals surface area contributed by atoms with E-state index >= 15 is 0 Å². The number of nitrogens with zero attached hydrogens (tertiary/aromatic N) is 1. The van der Waals surface area contributed by atoms with Crippen LogP contribution < -0.4 is 0 Å². The van der Waals surface area contributed by atoms with E-state index in [1.165, 1.54) is 19.3 Å². The second kappa shape index (κ2) is 6.55. The SMILES string of the molecule is CC1CCC(C(=O)N2CCCC(CCO)C2)CC1. The van der Waals surface area contributed by atoms with Crippen molar-refractivity contribution in [2.24, 2.45) is 17.8 Å². The molecule has 2 fully saturated rings. The van der Waals surface area contributed by atoms with Crippen molar-refractivity contribution >= 4 is 5.91 Å². The standard InChI is InChI=1S/C15H27NO2/c1-12-4-6-14(7-5-12)15(18)16-9-2-3-13(11-16)8-10-17/h12-14,17H,2-11H2,1H3. The summed E-state index contributed by atoms with van der Waals surface area (Å²) in [6, 6.07) is 0. The van der Waals surface area contributed by atoms with Gasteiger partial charge in [-0.05, 0) is 56.8 Å². The van der Waals surface area contributed by atoms with Gasteiger partial charge in [-0.1, -0.05) is 6.92 Å². The van der Waals surface area contributed by atoms with Crippen molar-refractivity contribution in [3.8, 4) is 0 Å². The number of amides is 1. The van der Waals surface area contributed by atoms with Crippen LogP contribution in [0.1, 0.15) is 51.9 Å². The van der Waals surface area contributed by atoms with Crippen molar-refractivity contribution in [3.05, 3.63) is 0 Å². The van der Waals surface area contributed by atoms with Crippen LogP contribution in [0.15, 0.2) is 0 Å². The molecule has 1 saturated heterocycles. The van der Waals surface area contributed by atoms with Crippen LogP contribution in [0.4, 0.5) is 0 Å². The monoisotopic (exact) mass is 253 g/mol. The maximum Gasteiger partial charge on any atom is 0.225 e. The van der Waals surface area contributed by atoms with Gasteiger partial charge >= 0.3 is 0 Å². The van der Waals surface area contributed by atoms with Crippen molar-refractivity contribution in [1.29, 1.82) is 0 Å². The largest absolute Gasteiger partial charge is 0.396 e. The fourth-order valence-electron chi connectivity index (χ4n) is 3.45. The van der Waals surface area contributed by atoms with E-state index in [1.807, 2.05) is 0 Å². The summed E-state index contributed by atoms with van der Waals surface area (Å²) in [4.78, 5) is 14.5. The van der Waals surface area contributed by atoms with Crippen LogP contribution in [0.2, 0.25) is 0 Å². The molecular weight excluding hydrogens is 226 g/mol. The fourth-order valence-corrected chi connectivity index (χ4v) is 3.45. The Morgan fingerprint density at radius 3 is 2.61 bits per heavy atom. The van der Waals surface area contributed by atoms with Crippen LogP contribution in [-0.4, -0.2) is 35.6 Å². The number of likely N-dealkylation sites (tertiary alicyclic amines) is 1. The normalized spacial score (nSPS) is 33.4. The predicted octanol–water partition coefficient (Wildman–Crippen LogP) is 2.43. The fraction of sp³-hybridized carbons (Fsp3) is 0.933. The lowest BCUT2D eigenvalue weighted by atomic mass is 9.82. The second-order valence-corrected chi connectivity index (χ2v) is 6.26. The third-order valence-electron chi connectivity index (χ3n) is 4.73. The Morgan fingerprint density at radius 1 is 1.22 bits per heavy atom. The van der Waals surface area contributed by atoms with Crippen molar-refractivity contribution in [1.82, 2.24) is 4.90 Å². The third kappa shape index (κ3) is 3.47. The predicted molar refractivity (Wildman–Crippen MR) is 72.1 cm³/mol. The van der Waals surface area contributed by atoms with E-state index in [0.29, 0.717) is 11.8 Å². The number of piperidine rings is 1. The highest BCUT2D eigenvalue weighted by atomic mass is 16.3. The second-order valence-electron chi connectivity index (χ2n) is 6.26. The minimum atomic E-state index is 0.258. The molecule has 2 aliphatic rings.